The molecule has 122 valence electrons. The summed E-state index contributed by atoms with van der Waals surface area (Å²) in [7, 11) is 0. The third-order valence-corrected chi connectivity index (χ3v) is 3.33. The van der Waals surface area contributed by atoms with Gasteiger partial charge in [-0.25, -0.2) is 9.78 Å². The van der Waals surface area contributed by atoms with Gasteiger partial charge in [0, 0.05) is 13.1 Å². The molecule has 1 saturated heterocycles. The third-order valence-electron chi connectivity index (χ3n) is 3.33. The van der Waals surface area contributed by atoms with Crippen molar-refractivity contribution in [3.05, 3.63) is 29.8 Å². The zero-order chi connectivity index (χ0) is 16.2. The van der Waals surface area contributed by atoms with Crippen LogP contribution in [0.1, 0.15) is 39.3 Å². The molecule has 0 atom stereocenters. The van der Waals surface area contributed by atoms with Gasteiger partial charge >= 0.3 is 6.09 Å². The molecule has 0 bridgehead atoms. The Bertz CT molecular complexity index is 508. The smallest absolute Gasteiger partial charge is 0.410 e. The number of aromatic nitrogens is 1. The molecular formula is C16H23FN2O3. The van der Waals surface area contributed by atoms with Crippen molar-refractivity contribution >= 4 is 6.09 Å². The number of likely N-dealkylation sites (tertiary alicyclic amines) is 1. The summed E-state index contributed by atoms with van der Waals surface area (Å²) in [5.41, 5.74) is 0.0996. The molecule has 1 aromatic rings. The van der Waals surface area contributed by atoms with Gasteiger partial charge in [-0.2, -0.15) is 4.39 Å². The molecule has 2 heterocycles. The second-order valence-electron chi connectivity index (χ2n) is 6.43. The number of amides is 1. The van der Waals surface area contributed by atoms with E-state index in [4.69, 9.17) is 9.47 Å². The number of nitrogens with zero attached hydrogens (tertiary/aromatic N) is 2. The third kappa shape index (κ3) is 5.26. The van der Waals surface area contributed by atoms with Crippen LogP contribution in [-0.4, -0.2) is 40.8 Å². The summed E-state index contributed by atoms with van der Waals surface area (Å²) in [6, 6.07) is 4.66. The van der Waals surface area contributed by atoms with E-state index < -0.39 is 11.5 Å². The van der Waals surface area contributed by atoms with E-state index in [-0.39, 0.29) is 18.8 Å². The lowest BCUT2D eigenvalue weighted by atomic mass is 10.1. The normalized spacial score (nSPS) is 16.6. The molecule has 1 aliphatic rings. The van der Waals surface area contributed by atoms with Crippen LogP contribution in [0.25, 0.3) is 0 Å². The first-order valence-corrected chi connectivity index (χ1v) is 7.54. The van der Waals surface area contributed by atoms with Gasteiger partial charge in [0.25, 0.3) is 0 Å². The van der Waals surface area contributed by atoms with Crippen molar-refractivity contribution in [1.29, 1.82) is 0 Å². The monoisotopic (exact) mass is 310 g/mol. The van der Waals surface area contributed by atoms with E-state index in [1.54, 1.807) is 17.0 Å². The molecule has 1 amide bonds. The van der Waals surface area contributed by atoms with Crippen LogP contribution < -0.4 is 0 Å². The molecule has 1 aliphatic heterocycles. The molecule has 2 rings (SSSR count). The molecule has 6 heteroatoms. The molecule has 5 nitrogen and oxygen atoms in total. The molecule has 1 fully saturated rings. The first-order valence-electron chi connectivity index (χ1n) is 7.54. The van der Waals surface area contributed by atoms with E-state index in [1.165, 1.54) is 6.07 Å². The number of piperidine rings is 1. The van der Waals surface area contributed by atoms with Gasteiger partial charge in [0.1, 0.15) is 5.60 Å². The quantitative estimate of drug-likeness (QED) is 0.805. The van der Waals surface area contributed by atoms with E-state index in [0.717, 1.165) is 12.8 Å². The summed E-state index contributed by atoms with van der Waals surface area (Å²) in [5, 5.41) is 0. The van der Waals surface area contributed by atoms with Crippen molar-refractivity contribution < 1.29 is 18.7 Å². The lowest BCUT2D eigenvalue weighted by Gasteiger charge is -2.33. The predicted octanol–water partition coefficient (Wildman–Crippen LogP) is 3.14. The fraction of sp³-hybridized carbons (Fsp3) is 0.625. The van der Waals surface area contributed by atoms with E-state index >= 15 is 0 Å². The minimum Gasteiger partial charge on any atom is -0.444 e. The highest BCUT2D eigenvalue weighted by Crippen LogP contribution is 2.18. The summed E-state index contributed by atoms with van der Waals surface area (Å²) >= 11 is 0. The number of carbonyl (C=O) groups is 1. The van der Waals surface area contributed by atoms with Gasteiger partial charge < -0.3 is 14.4 Å². The van der Waals surface area contributed by atoms with E-state index in [0.29, 0.717) is 18.8 Å². The largest absolute Gasteiger partial charge is 0.444 e. The van der Waals surface area contributed by atoms with Gasteiger partial charge in [0.2, 0.25) is 5.95 Å². The first-order chi connectivity index (χ1) is 10.3. The van der Waals surface area contributed by atoms with Crippen LogP contribution in [0.5, 0.6) is 0 Å². The Morgan fingerprint density at radius 3 is 2.64 bits per heavy atom. The SMILES string of the molecule is CC(C)(C)OC(=O)N1CCC(OCc2cccc(F)n2)CC1. The highest BCUT2D eigenvalue weighted by molar-refractivity contribution is 5.68. The van der Waals surface area contributed by atoms with Crippen LogP contribution in [0.4, 0.5) is 9.18 Å². The zero-order valence-corrected chi connectivity index (χ0v) is 13.3. The highest BCUT2D eigenvalue weighted by atomic mass is 19.1. The fourth-order valence-corrected chi connectivity index (χ4v) is 2.27. The second kappa shape index (κ2) is 7.05. The van der Waals surface area contributed by atoms with Crippen molar-refractivity contribution in [2.45, 2.75) is 51.9 Å². The average Bonchev–Trinajstić information content (AvgIpc) is 2.44. The molecule has 0 aromatic carbocycles. The van der Waals surface area contributed by atoms with E-state index in [9.17, 15) is 9.18 Å². The van der Waals surface area contributed by atoms with Gasteiger partial charge in [-0.3, -0.25) is 0 Å². The van der Waals surface area contributed by atoms with Crippen LogP contribution >= 0.6 is 0 Å². The topological polar surface area (TPSA) is 51.7 Å². The molecule has 0 N–H and O–H groups in total. The molecular weight excluding hydrogens is 287 g/mol. The molecule has 0 aliphatic carbocycles. The van der Waals surface area contributed by atoms with Crippen LogP contribution in [0.2, 0.25) is 0 Å². The van der Waals surface area contributed by atoms with E-state index in [2.05, 4.69) is 4.98 Å². The number of rotatable bonds is 3. The number of pyridine rings is 1. The van der Waals surface area contributed by atoms with Crippen molar-refractivity contribution in [1.82, 2.24) is 9.88 Å². The van der Waals surface area contributed by atoms with Crippen molar-refractivity contribution in [2.75, 3.05) is 13.1 Å². The molecule has 1 aromatic heterocycles. The van der Waals surface area contributed by atoms with Gasteiger partial charge in [-0.05, 0) is 45.7 Å². The number of hydrogen-bond acceptors (Lipinski definition) is 4. The Hall–Kier alpha value is -1.69. The molecule has 0 saturated carbocycles. The minimum absolute atomic E-state index is 0.0590. The number of hydrogen-bond donors (Lipinski definition) is 0. The minimum atomic E-state index is -0.499. The summed E-state index contributed by atoms with van der Waals surface area (Å²) < 4.78 is 24.1. The maximum Gasteiger partial charge on any atom is 0.410 e. The fourth-order valence-electron chi connectivity index (χ4n) is 2.27. The molecule has 0 spiro atoms. The summed E-state index contributed by atoms with van der Waals surface area (Å²) in [6.45, 7) is 7.06. The lowest BCUT2D eigenvalue weighted by molar-refractivity contribution is -0.0179. The van der Waals surface area contributed by atoms with Gasteiger partial charge in [0.05, 0.1) is 18.4 Å². The zero-order valence-electron chi connectivity index (χ0n) is 13.3. The van der Waals surface area contributed by atoms with Gasteiger partial charge in [0.15, 0.2) is 0 Å². The van der Waals surface area contributed by atoms with Crippen LogP contribution in [0.3, 0.4) is 0 Å². The van der Waals surface area contributed by atoms with Crippen LogP contribution in [-0.2, 0) is 16.1 Å². The van der Waals surface area contributed by atoms with E-state index in [1.807, 2.05) is 20.8 Å². The average molecular weight is 310 g/mol. The standard InChI is InChI=1S/C16H23FN2O3/c1-16(2,3)22-15(20)19-9-7-13(8-10-19)21-11-12-5-4-6-14(17)18-12/h4-6,13H,7-11H2,1-3H3. The maximum absolute atomic E-state index is 13.0. The predicted molar refractivity (Wildman–Crippen MR) is 79.8 cm³/mol. The summed E-state index contributed by atoms with van der Waals surface area (Å²) in [6.07, 6.45) is 1.27. The molecule has 0 radical (unpaired) electrons. The van der Waals surface area contributed by atoms with Gasteiger partial charge in [-0.15, -0.1) is 0 Å². The highest BCUT2D eigenvalue weighted by Gasteiger charge is 2.27. The maximum atomic E-state index is 13.0. The number of carbonyl (C=O) groups excluding carboxylic acids is 1. The Kier molecular flexibility index (Phi) is 5.34. The Morgan fingerprint density at radius 1 is 1.36 bits per heavy atom. The molecule has 22 heavy (non-hydrogen) atoms. The summed E-state index contributed by atoms with van der Waals surface area (Å²) in [5.74, 6) is -0.499. The molecule has 0 unspecified atom stereocenters. The van der Waals surface area contributed by atoms with Crippen molar-refractivity contribution in [2.24, 2.45) is 0 Å². The Morgan fingerprint density at radius 2 is 2.05 bits per heavy atom. The first kappa shape index (κ1) is 16.7. The van der Waals surface area contributed by atoms with Crippen molar-refractivity contribution in [3.63, 3.8) is 0 Å². The summed E-state index contributed by atoms with van der Waals surface area (Å²) in [4.78, 5) is 17.4. The second-order valence-corrected chi connectivity index (χ2v) is 6.43. The Labute approximate surface area is 130 Å². The Balaban J connectivity index is 1.74. The van der Waals surface area contributed by atoms with Crippen LogP contribution in [0.15, 0.2) is 18.2 Å². The van der Waals surface area contributed by atoms with Crippen molar-refractivity contribution in [3.8, 4) is 0 Å². The number of halogens is 1. The lowest BCUT2D eigenvalue weighted by Crippen LogP contribution is -2.43. The number of ether oxygens (including phenoxy) is 2. The van der Waals surface area contributed by atoms with Gasteiger partial charge in [-0.1, -0.05) is 6.07 Å². The van der Waals surface area contributed by atoms with Crippen LogP contribution in [0, 0.1) is 5.95 Å².